The summed E-state index contributed by atoms with van der Waals surface area (Å²) in [5.74, 6) is 0.174. The molecule has 1 heterocycles. The van der Waals surface area contributed by atoms with Gasteiger partial charge in [-0.15, -0.1) is 0 Å². The summed E-state index contributed by atoms with van der Waals surface area (Å²) in [5.41, 5.74) is 4.21. The van der Waals surface area contributed by atoms with E-state index < -0.39 is 0 Å². The highest BCUT2D eigenvalue weighted by Gasteiger charge is 2.35. The van der Waals surface area contributed by atoms with Crippen molar-refractivity contribution in [2.75, 3.05) is 18.5 Å². The van der Waals surface area contributed by atoms with Crippen molar-refractivity contribution in [1.29, 1.82) is 0 Å². The maximum Gasteiger partial charge on any atom is 0.293 e. The maximum atomic E-state index is 12.9. The molecular weight excluding hydrogens is 524 g/mol. The van der Waals surface area contributed by atoms with Crippen LogP contribution in [-0.4, -0.2) is 35.2 Å². The van der Waals surface area contributed by atoms with Crippen LogP contribution in [0.4, 0.5) is 10.5 Å². The molecule has 3 amide bonds. The van der Waals surface area contributed by atoms with Crippen molar-refractivity contribution in [2.45, 2.75) is 27.3 Å². The van der Waals surface area contributed by atoms with Crippen LogP contribution in [0.1, 0.15) is 29.2 Å². The fourth-order valence-corrected chi connectivity index (χ4v) is 4.73. The Bertz CT molecular complexity index is 1400. The standard InChI is InChI=1S/C29H27ClN2O5S/c1-4-36-25-14-21(9-12-24(25)37-17-27(33)31-23-13-18(2)5-6-19(23)3)15-26-28(34)32(29(35)38-26)16-20-7-10-22(30)11-8-20/h5-15H,4,16-17H2,1-3H3,(H,31,33)/b26-15-. The first-order chi connectivity index (χ1) is 18.2. The van der Waals surface area contributed by atoms with Crippen molar-refractivity contribution in [3.8, 4) is 11.5 Å². The lowest BCUT2D eigenvalue weighted by atomic mass is 10.1. The fourth-order valence-electron chi connectivity index (χ4n) is 3.76. The lowest BCUT2D eigenvalue weighted by Gasteiger charge is -2.14. The number of nitrogens with one attached hydrogen (secondary N) is 1. The SMILES string of the molecule is CCOc1cc(/C=C2\SC(=O)N(Cc3ccc(Cl)cc3)C2=O)ccc1OCC(=O)Nc1cc(C)ccc1C. The average molecular weight is 551 g/mol. The highest BCUT2D eigenvalue weighted by molar-refractivity contribution is 8.18. The summed E-state index contributed by atoms with van der Waals surface area (Å²) in [4.78, 5) is 39.5. The van der Waals surface area contributed by atoms with Gasteiger partial charge in [0.25, 0.3) is 17.1 Å². The minimum Gasteiger partial charge on any atom is -0.490 e. The largest absolute Gasteiger partial charge is 0.490 e. The number of nitrogens with zero attached hydrogens (tertiary/aromatic N) is 1. The molecule has 1 fully saturated rings. The molecular formula is C29H27ClN2O5S. The third kappa shape index (κ3) is 6.76. The molecule has 3 aromatic carbocycles. The molecule has 3 aromatic rings. The Morgan fingerprint density at radius 2 is 1.76 bits per heavy atom. The van der Waals surface area contributed by atoms with E-state index in [4.69, 9.17) is 21.1 Å². The van der Waals surface area contributed by atoms with Crippen LogP contribution in [0.3, 0.4) is 0 Å². The van der Waals surface area contributed by atoms with Crippen LogP contribution in [0, 0.1) is 13.8 Å². The maximum absolute atomic E-state index is 12.9. The summed E-state index contributed by atoms with van der Waals surface area (Å²) in [6.07, 6.45) is 1.65. The molecule has 1 saturated heterocycles. The Morgan fingerprint density at radius 1 is 1.00 bits per heavy atom. The van der Waals surface area contributed by atoms with E-state index in [9.17, 15) is 14.4 Å². The number of thioether (sulfide) groups is 1. The second kappa shape index (κ2) is 12.2. The van der Waals surface area contributed by atoms with E-state index in [1.165, 1.54) is 4.90 Å². The van der Waals surface area contributed by atoms with Gasteiger partial charge in [-0.3, -0.25) is 19.3 Å². The van der Waals surface area contributed by atoms with Crippen LogP contribution in [-0.2, 0) is 16.1 Å². The van der Waals surface area contributed by atoms with E-state index in [-0.39, 0.29) is 30.2 Å². The highest BCUT2D eigenvalue weighted by Crippen LogP contribution is 2.35. The third-order valence-electron chi connectivity index (χ3n) is 5.72. The summed E-state index contributed by atoms with van der Waals surface area (Å²) in [6, 6.07) is 18.0. The van der Waals surface area contributed by atoms with Gasteiger partial charge >= 0.3 is 0 Å². The average Bonchev–Trinajstić information content (AvgIpc) is 3.14. The topological polar surface area (TPSA) is 84.9 Å². The Hall–Kier alpha value is -3.75. The molecule has 0 aliphatic carbocycles. The van der Waals surface area contributed by atoms with Gasteiger partial charge in [-0.1, -0.05) is 41.9 Å². The third-order valence-corrected chi connectivity index (χ3v) is 6.88. The molecule has 0 unspecified atom stereocenters. The van der Waals surface area contributed by atoms with Crippen LogP contribution >= 0.6 is 23.4 Å². The summed E-state index contributed by atoms with van der Waals surface area (Å²) in [7, 11) is 0. The second-order valence-corrected chi connectivity index (χ2v) is 10.1. The molecule has 38 heavy (non-hydrogen) atoms. The molecule has 0 spiro atoms. The Morgan fingerprint density at radius 3 is 2.50 bits per heavy atom. The van der Waals surface area contributed by atoms with Gasteiger partial charge in [0.15, 0.2) is 18.1 Å². The Kier molecular flexibility index (Phi) is 8.76. The van der Waals surface area contributed by atoms with E-state index in [0.29, 0.717) is 33.6 Å². The number of hydrogen-bond donors (Lipinski definition) is 1. The molecule has 1 aliphatic rings. The zero-order valence-corrected chi connectivity index (χ0v) is 22.8. The number of halogens is 1. The molecule has 4 rings (SSSR count). The van der Waals surface area contributed by atoms with E-state index >= 15 is 0 Å². The zero-order valence-electron chi connectivity index (χ0n) is 21.2. The van der Waals surface area contributed by atoms with Gasteiger partial charge in [0.2, 0.25) is 0 Å². The number of hydrogen-bond acceptors (Lipinski definition) is 6. The van der Waals surface area contributed by atoms with Crippen molar-refractivity contribution >= 4 is 52.2 Å². The van der Waals surface area contributed by atoms with Gasteiger partial charge in [0.1, 0.15) is 0 Å². The first kappa shape index (κ1) is 27.3. The number of amides is 3. The van der Waals surface area contributed by atoms with Crippen LogP contribution < -0.4 is 14.8 Å². The number of imide groups is 1. The number of anilines is 1. The first-order valence-electron chi connectivity index (χ1n) is 12.0. The smallest absolute Gasteiger partial charge is 0.293 e. The number of aryl methyl sites for hydroxylation is 2. The second-order valence-electron chi connectivity index (χ2n) is 8.69. The molecule has 1 N–H and O–H groups in total. The van der Waals surface area contributed by atoms with E-state index in [1.807, 2.05) is 39.0 Å². The van der Waals surface area contributed by atoms with Gasteiger partial charge in [-0.2, -0.15) is 0 Å². The predicted molar refractivity (Wildman–Crippen MR) is 151 cm³/mol. The van der Waals surface area contributed by atoms with Crippen LogP contribution in [0.2, 0.25) is 5.02 Å². The summed E-state index contributed by atoms with van der Waals surface area (Å²) in [6.45, 7) is 6.07. The molecule has 0 atom stereocenters. The van der Waals surface area contributed by atoms with Crippen LogP contribution in [0.15, 0.2) is 65.6 Å². The summed E-state index contributed by atoms with van der Waals surface area (Å²) in [5, 5.41) is 3.12. The number of benzene rings is 3. The molecule has 0 bridgehead atoms. The summed E-state index contributed by atoms with van der Waals surface area (Å²) < 4.78 is 11.5. The zero-order chi connectivity index (χ0) is 27.2. The predicted octanol–water partition coefficient (Wildman–Crippen LogP) is 6.61. The van der Waals surface area contributed by atoms with Gasteiger partial charge in [-0.05, 0) is 91.2 Å². The van der Waals surface area contributed by atoms with Crippen molar-refractivity contribution in [1.82, 2.24) is 4.90 Å². The number of rotatable bonds is 9. The Labute approximate surface area is 230 Å². The minimum absolute atomic E-state index is 0.167. The molecule has 7 nitrogen and oxygen atoms in total. The van der Waals surface area contributed by atoms with Crippen molar-refractivity contribution in [3.05, 3.63) is 92.8 Å². The van der Waals surface area contributed by atoms with Crippen molar-refractivity contribution in [3.63, 3.8) is 0 Å². The molecule has 9 heteroatoms. The normalized spacial score (nSPS) is 14.2. The van der Waals surface area contributed by atoms with E-state index in [1.54, 1.807) is 48.5 Å². The van der Waals surface area contributed by atoms with Crippen LogP contribution in [0.25, 0.3) is 6.08 Å². The van der Waals surface area contributed by atoms with Gasteiger partial charge in [0, 0.05) is 10.7 Å². The van der Waals surface area contributed by atoms with Gasteiger partial charge in [-0.25, -0.2) is 0 Å². The number of ether oxygens (including phenoxy) is 2. The molecule has 0 saturated carbocycles. The van der Waals surface area contributed by atoms with E-state index in [0.717, 1.165) is 34.1 Å². The van der Waals surface area contributed by atoms with Crippen molar-refractivity contribution in [2.24, 2.45) is 0 Å². The van der Waals surface area contributed by atoms with E-state index in [2.05, 4.69) is 5.32 Å². The number of carbonyl (C=O) groups is 3. The monoisotopic (exact) mass is 550 g/mol. The Balaban J connectivity index is 1.44. The first-order valence-corrected chi connectivity index (χ1v) is 13.2. The van der Waals surface area contributed by atoms with Crippen molar-refractivity contribution < 1.29 is 23.9 Å². The summed E-state index contributed by atoms with van der Waals surface area (Å²) >= 11 is 6.81. The van der Waals surface area contributed by atoms with Crippen LogP contribution in [0.5, 0.6) is 11.5 Å². The number of carbonyl (C=O) groups excluding carboxylic acids is 3. The molecule has 0 aromatic heterocycles. The molecule has 196 valence electrons. The quantitative estimate of drug-likeness (QED) is 0.302. The lowest BCUT2D eigenvalue weighted by molar-refractivity contribution is -0.123. The van der Waals surface area contributed by atoms with Gasteiger partial charge in [0.05, 0.1) is 18.1 Å². The lowest BCUT2D eigenvalue weighted by Crippen LogP contribution is -2.27. The molecule has 1 aliphatic heterocycles. The highest BCUT2D eigenvalue weighted by atomic mass is 35.5. The van der Waals surface area contributed by atoms with Gasteiger partial charge < -0.3 is 14.8 Å². The fraction of sp³-hybridized carbons (Fsp3) is 0.207. The molecule has 0 radical (unpaired) electrons. The minimum atomic E-state index is -0.364.